The van der Waals surface area contributed by atoms with Crippen LogP contribution in [0.25, 0.3) is 0 Å². The van der Waals surface area contributed by atoms with E-state index in [1.54, 1.807) is 24.4 Å². The lowest BCUT2D eigenvalue weighted by Crippen LogP contribution is -2.05. The monoisotopic (exact) mass is 352 g/mol. The predicted molar refractivity (Wildman–Crippen MR) is 91.6 cm³/mol. The van der Waals surface area contributed by atoms with Crippen molar-refractivity contribution in [3.63, 3.8) is 0 Å². The van der Waals surface area contributed by atoms with Crippen molar-refractivity contribution in [3.05, 3.63) is 46.1 Å². The highest BCUT2D eigenvalue weighted by atomic mass is 35.5. The third-order valence-corrected chi connectivity index (χ3v) is 3.79. The summed E-state index contributed by atoms with van der Waals surface area (Å²) in [6, 6.07) is 5.10. The molecule has 22 heavy (non-hydrogen) atoms. The highest BCUT2D eigenvalue weighted by molar-refractivity contribution is 7.13. The number of nitrogen functional groups attached to an aromatic ring is 1. The summed E-state index contributed by atoms with van der Waals surface area (Å²) >= 11 is 13.4. The Hall–Kier alpha value is -2.09. The van der Waals surface area contributed by atoms with Crippen LogP contribution < -0.4 is 16.4 Å². The fourth-order valence-electron chi connectivity index (χ4n) is 1.74. The summed E-state index contributed by atoms with van der Waals surface area (Å²) in [6.45, 7) is 0. The van der Waals surface area contributed by atoms with Gasteiger partial charge in [-0.05, 0) is 18.2 Å². The molecule has 1 aromatic carbocycles. The average molecular weight is 353 g/mol. The van der Waals surface area contributed by atoms with Crippen molar-refractivity contribution in [1.82, 2.24) is 15.0 Å². The fraction of sp³-hybridized carbons (Fsp3) is 0. The van der Waals surface area contributed by atoms with E-state index in [1.807, 2.05) is 5.38 Å². The topological polar surface area (TPSA) is 88.8 Å². The number of halogens is 2. The van der Waals surface area contributed by atoms with E-state index in [0.717, 1.165) is 0 Å². The molecule has 0 spiro atoms. The van der Waals surface area contributed by atoms with Crippen molar-refractivity contribution < 1.29 is 0 Å². The van der Waals surface area contributed by atoms with Crippen LogP contribution in [0.3, 0.4) is 0 Å². The number of aromatic nitrogens is 3. The van der Waals surface area contributed by atoms with Gasteiger partial charge in [0, 0.05) is 27.3 Å². The molecule has 3 aromatic rings. The van der Waals surface area contributed by atoms with Crippen molar-refractivity contribution in [1.29, 1.82) is 0 Å². The Bertz CT molecular complexity index is 773. The SMILES string of the molecule is Nc1c(Nc2cc(Cl)cc(Cl)c2)ncnc1Nc1nccs1. The molecular formula is C13H10Cl2N6S. The highest BCUT2D eigenvalue weighted by Crippen LogP contribution is 2.30. The number of thiazole rings is 1. The molecule has 0 radical (unpaired) electrons. The van der Waals surface area contributed by atoms with Crippen molar-refractivity contribution in [3.8, 4) is 0 Å². The first-order chi connectivity index (χ1) is 10.6. The summed E-state index contributed by atoms with van der Waals surface area (Å²) in [5, 5.41) is 9.70. The second-order valence-electron chi connectivity index (χ2n) is 4.23. The maximum absolute atomic E-state index is 6.08. The lowest BCUT2D eigenvalue weighted by Gasteiger charge is -2.11. The number of nitrogens with two attached hydrogens (primary N) is 1. The van der Waals surface area contributed by atoms with Gasteiger partial charge in [0.05, 0.1) is 0 Å². The first-order valence-electron chi connectivity index (χ1n) is 6.12. The normalized spacial score (nSPS) is 10.5. The minimum atomic E-state index is 0.369. The molecule has 0 aliphatic carbocycles. The van der Waals surface area contributed by atoms with Gasteiger partial charge in [0.1, 0.15) is 12.0 Å². The Balaban J connectivity index is 1.88. The van der Waals surface area contributed by atoms with E-state index in [-0.39, 0.29) is 0 Å². The van der Waals surface area contributed by atoms with Gasteiger partial charge in [-0.1, -0.05) is 23.2 Å². The fourth-order valence-corrected chi connectivity index (χ4v) is 2.80. The molecule has 0 saturated carbocycles. The van der Waals surface area contributed by atoms with Crippen LogP contribution in [-0.2, 0) is 0 Å². The summed E-state index contributed by atoms with van der Waals surface area (Å²) in [5.74, 6) is 0.924. The molecule has 3 rings (SSSR count). The van der Waals surface area contributed by atoms with Crippen LogP contribution in [0.4, 0.5) is 28.1 Å². The summed E-state index contributed by atoms with van der Waals surface area (Å²) in [7, 11) is 0. The molecule has 0 fully saturated rings. The summed E-state index contributed by atoms with van der Waals surface area (Å²) < 4.78 is 0. The van der Waals surface area contributed by atoms with Gasteiger partial charge in [0.2, 0.25) is 0 Å². The third-order valence-electron chi connectivity index (χ3n) is 2.67. The quantitative estimate of drug-likeness (QED) is 0.648. The Morgan fingerprint density at radius 3 is 2.27 bits per heavy atom. The highest BCUT2D eigenvalue weighted by Gasteiger charge is 2.10. The first kappa shape index (κ1) is 14.8. The van der Waals surface area contributed by atoms with Gasteiger partial charge in [-0.3, -0.25) is 0 Å². The van der Waals surface area contributed by atoms with Crippen LogP contribution in [0.15, 0.2) is 36.1 Å². The zero-order chi connectivity index (χ0) is 15.5. The lowest BCUT2D eigenvalue weighted by molar-refractivity contribution is 1.17. The smallest absolute Gasteiger partial charge is 0.188 e. The summed E-state index contributed by atoms with van der Waals surface area (Å²) in [5.41, 5.74) is 7.14. The molecule has 9 heteroatoms. The third kappa shape index (κ3) is 3.38. The molecule has 2 aromatic heterocycles. The number of nitrogens with zero attached hydrogens (tertiary/aromatic N) is 3. The molecule has 0 saturated heterocycles. The maximum atomic E-state index is 6.08. The van der Waals surface area contributed by atoms with Crippen LogP contribution in [0.5, 0.6) is 0 Å². The van der Waals surface area contributed by atoms with Gasteiger partial charge < -0.3 is 16.4 Å². The summed E-state index contributed by atoms with van der Waals surface area (Å²) in [4.78, 5) is 12.4. The van der Waals surface area contributed by atoms with Gasteiger partial charge in [-0.25, -0.2) is 15.0 Å². The second-order valence-corrected chi connectivity index (χ2v) is 6.00. The minimum Gasteiger partial charge on any atom is -0.393 e. The number of hydrogen-bond donors (Lipinski definition) is 3. The van der Waals surface area contributed by atoms with Crippen LogP contribution >= 0.6 is 34.5 Å². The Morgan fingerprint density at radius 1 is 0.955 bits per heavy atom. The molecule has 2 heterocycles. The standard InChI is InChI=1S/C13H10Cl2N6S/c14-7-3-8(15)5-9(4-7)20-11-10(16)12(19-6-18-11)21-13-17-1-2-22-13/h1-6H,16H2,(H2,17,18,19,20,21). The number of hydrogen-bond acceptors (Lipinski definition) is 7. The number of anilines is 5. The molecule has 0 bridgehead atoms. The van der Waals surface area contributed by atoms with E-state index in [9.17, 15) is 0 Å². The van der Waals surface area contributed by atoms with Crippen LogP contribution in [0.1, 0.15) is 0 Å². The molecule has 112 valence electrons. The molecule has 0 aliphatic rings. The number of nitrogens with one attached hydrogen (secondary N) is 2. The van der Waals surface area contributed by atoms with E-state index in [4.69, 9.17) is 28.9 Å². The largest absolute Gasteiger partial charge is 0.393 e. The minimum absolute atomic E-state index is 0.369. The molecule has 6 nitrogen and oxygen atoms in total. The summed E-state index contributed by atoms with van der Waals surface area (Å²) in [6.07, 6.45) is 3.10. The molecule has 4 N–H and O–H groups in total. The van der Waals surface area contributed by atoms with Gasteiger partial charge in [0.15, 0.2) is 16.8 Å². The molecule has 0 amide bonds. The second kappa shape index (κ2) is 6.35. The van der Waals surface area contributed by atoms with Gasteiger partial charge >= 0.3 is 0 Å². The zero-order valence-electron chi connectivity index (χ0n) is 11.0. The van der Waals surface area contributed by atoms with E-state index >= 15 is 0 Å². The van der Waals surface area contributed by atoms with E-state index in [1.165, 1.54) is 17.7 Å². The van der Waals surface area contributed by atoms with Crippen molar-refractivity contribution in [2.75, 3.05) is 16.4 Å². The number of rotatable bonds is 4. The van der Waals surface area contributed by atoms with Crippen molar-refractivity contribution in [2.45, 2.75) is 0 Å². The van der Waals surface area contributed by atoms with Gasteiger partial charge in [0.25, 0.3) is 0 Å². The molecule has 0 unspecified atom stereocenters. The zero-order valence-corrected chi connectivity index (χ0v) is 13.4. The Morgan fingerprint density at radius 2 is 1.64 bits per heavy atom. The Labute approximate surface area is 140 Å². The van der Waals surface area contributed by atoms with Crippen LogP contribution in [-0.4, -0.2) is 15.0 Å². The Kier molecular flexibility index (Phi) is 4.28. The van der Waals surface area contributed by atoms with Gasteiger partial charge in [-0.15, -0.1) is 11.3 Å². The molecule has 0 aliphatic heterocycles. The molecular weight excluding hydrogens is 343 g/mol. The average Bonchev–Trinajstić information content (AvgIpc) is 2.95. The van der Waals surface area contributed by atoms with Gasteiger partial charge in [-0.2, -0.15) is 0 Å². The first-order valence-corrected chi connectivity index (χ1v) is 7.75. The van der Waals surface area contributed by atoms with E-state index in [2.05, 4.69) is 25.6 Å². The van der Waals surface area contributed by atoms with Crippen LogP contribution in [0, 0.1) is 0 Å². The molecule has 0 atom stereocenters. The van der Waals surface area contributed by atoms with E-state index < -0.39 is 0 Å². The maximum Gasteiger partial charge on any atom is 0.188 e. The van der Waals surface area contributed by atoms with Crippen LogP contribution in [0.2, 0.25) is 10.0 Å². The number of benzene rings is 1. The van der Waals surface area contributed by atoms with Crippen molar-refractivity contribution in [2.24, 2.45) is 0 Å². The predicted octanol–water partition coefficient (Wildman–Crippen LogP) is 4.31. The van der Waals surface area contributed by atoms with Crippen molar-refractivity contribution >= 4 is 62.7 Å². The lowest BCUT2D eigenvalue weighted by atomic mass is 10.3. The van der Waals surface area contributed by atoms with E-state index in [0.29, 0.717) is 38.2 Å².